The van der Waals surface area contributed by atoms with Gasteiger partial charge in [0.2, 0.25) is 5.91 Å². The number of hydrogen-bond acceptors (Lipinski definition) is 10. The number of sulfone groups is 1. The van der Waals surface area contributed by atoms with Gasteiger partial charge in [0.25, 0.3) is 5.97 Å². The number of aliphatic carboxylic acids is 1. The van der Waals surface area contributed by atoms with Crippen molar-refractivity contribution in [2.75, 3.05) is 43.7 Å². The van der Waals surface area contributed by atoms with Gasteiger partial charge in [0.1, 0.15) is 17.7 Å². The molecule has 4 bridgehead atoms. The van der Waals surface area contributed by atoms with Gasteiger partial charge < -0.3 is 30.5 Å². The van der Waals surface area contributed by atoms with Crippen LogP contribution in [0.25, 0.3) is 10.8 Å². The standard InChI is InChI=1S/C34H38FN5O6S.C2H4O2/c1-19-12-22-6-9-26(19)20(2)17-46-34(42)39-24-8-11-30(47(43,44)21(3)18-45-5)23(13-24)16-40(4)33(41)31(22)38-25-7-10-27-28(14-25)29(35)15-37-32(27)36;1-2(3)4/h6-15,20-21,31,38H,16-18H2,1-5H3,(H2,36,37)(H,39,42);1H3,(H,3,4)/t20-,21-,31+;/m0./s1. The second-order valence-corrected chi connectivity index (χ2v) is 14.8. The molecule has 3 aromatic carbocycles. The smallest absolute Gasteiger partial charge is 0.411 e. The molecule has 2 amide bonds. The summed E-state index contributed by atoms with van der Waals surface area (Å²) in [4.78, 5) is 41.4. The minimum absolute atomic E-state index is 0.0104. The van der Waals surface area contributed by atoms with Crippen LogP contribution in [0.3, 0.4) is 0 Å². The van der Waals surface area contributed by atoms with Gasteiger partial charge in [0.05, 0.1) is 29.6 Å². The lowest BCUT2D eigenvalue weighted by atomic mass is 9.93. The Morgan fingerprint density at radius 3 is 2.55 bits per heavy atom. The highest BCUT2D eigenvalue weighted by Crippen LogP contribution is 2.32. The zero-order chi connectivity index (χ0) is 37.6. The van der Waals surface area contributed by atoms with Gasteiger partial charge in [-0.1, -0.05) is 25.1 Å². The number of nitrogen functional groups attached to an aromatic ring is 1. The van der Waals surface area contributed by atoms with Crippen molar-refractivity contribution in [1.29, 1.82) is 0 Å². The number of aryl methyl sites for hydroxylation is 1. The average Bonchev–Trinajstić information content (AvgIpc) is 3.07. The van der Waals surface area contributed by atoms with E-state index in [1.807, 2.05) is 32.0 Å². The minimum atomic E-state index is -3.89. The summed E-state index contributed by atoms with van der Waals surface area (Å²) in [5.74, 6) is -1.75. The van der Waals surface area contributed by atoms with E-state index in [1.165, 1.54) is 30.2 Å². The summed E-state index contributed by atoms with van der Waals surface area (Å²) in [5.41, 5.74) is 9.48. The number of carboxylic acids is 1. The van der Waals surface area contributed by atoms with Crippen molar-refractivity contribution in [3.8, 4) is 0 Å². The SMILES string of the molecule is CC(=O)O.COC[C@H](C)S(=O)(=O)c1ccc2cc1CN(C)C(=O)[C@H](Nc1ccc3c(N)ncc(F)c3c1)c1ccc(c(C)c1)[C@@H](C)COC(=O)N2. The Kier molecular flexibility index (Phi) is 12.2. The molecule has 0 saturated heterocycles. The molecule has 0 aliphatic carbocycles. The van der Waals surface area contributed by atoms with Gasteiger partial charge in [-0.2, -0.15) is 0 Å². The highest BCUT2D eigenvalue weighted by atomic mass is 32.2. The molecule has 3 atom stereocenters. The number of anilines is 3. The van der Waals surface area contributed by atoms with Crippen LogP contribution in [0.4, 0.5) is 26.4 Å². The molecule has 13 nitrogen and oxygen atoms in total. The number of likely N-dealkylation sites (N-methyl/N-ethyl adjacent to an activating group) is 1. The Morgan fingerprint density at radius 2 is 1.88 bits per heavy atom. The summed E-state index contributed by atoms with van der Waals surface area (Å²) in [6.45, 7) is 6.41. The number of nitrogens with two attached hydrogens (primary N) is 1. The largest absolute Gasteiger partial charge is 0.481 e. The quantitative estimate of drug-likeness (QED) is 0.193. The fourth-order valence-corrected chi connectivity index (χ4v) is 7.30. The highest BCUT2D eigenvalue weighted by Gasteiger charge is 2.30. The van der Waals surface area contributed by atoms with Crippen molar-refractivity contribution in [2.24, 2.45) is 0 Å². The topological polar surface area (TPSA) is 190 Å². The van der Waals surface area contributed by atoms with Crippen LogP contribution in [0, 0.1) is 12.7 Å². The number of halogens is 1. The normalized spacial score (nSPS) is 17.2. The summed E-state index contributed by atoms with van der Waals surface area (Å²) in [6, 6.07) is 14.0. The first-order valence-electron chi connectivity index (χ1n) is 16.0. The number of hydrogen-bond donors (Lipinski definition) is 4. The molecule has 3 heterocycles. The van der Waals surface area contributed by atoms with Crippen LogP contribution in [0.5, 0.6) is 0 Å². The van der Waals surface area contributed by atoms with E-state index >= 15 is 0 Å². The second-order valence-electron chi connectivity index (χ2n) is 12.4. The number of aromatic nitrogens is 1. The van der Waals surface area contributed by atoms with Gasteiger partial charge in [-0.15, -0.1) is 0 Å². The van der Waals surface area contributed by atoms with Gasteiger partial charge in [0, 0.05) is 55.7 Å². The molecule has 0 radical (unpaired) electrons. The van der Waals surface area contributed by atoms with Gasteiger partial charge in [0.15, 0.2) is 9.84 Å². The number of fused-ring (bicyclic) bond motifs is 10. The number of ether oxygens (including phenoxy) is 2. The van der Waals surface area contributed by atoms with Crippen molar-refractivity contribution in [2.45, 2.75) is 56.3 Å². The molecule has 0 saturated carbocycles. The van der Waals surface area contributed by atoms with E-state index in [2.05, 4.69) is 15.6 Å². The van der Waals surface area contributed by atoms with Crippen molar-refractivity contribution in [1.82, 2.24) is 9.88 Å². The van der Waals surface area contributed by atoms with Crippen molar-refractivity contribution in [3.05, 3.63) is 88.9 Å². The first kappa shape index (κ1) is 38.5. The van der Waals surface area contributed by atoms with Crippen LogP contribution in [0.2, 0.25) is 0 Å². The number of carbonyl (C=O) groups excluding carboxylic acids is 2. The Morgan fingerprint density at radius 1 is 1.18 bits per heavy atom. The van der Waals surface area contributed by atoms with E-state index in [9.17, 15) is 22.4 Å². The number of rotatable bonds is 6. The molecule has 15 heteroatoms. The van der Waals surface area contributed by atoms with Crippen molar-refractivity contribution >= 4 is 55.8 Å². The zero-order valence-corrected chi connectivity index (χ0v) is 30.0. The predicted molar refractivity (Wildman–Crippen MR) is 192 cm³/mol. The molecule has 2 aliphatic rings. The molecule has 6 rings (SSSR count). The molecular formula is C36H42FN5O8S. The molecule has 1 aromatic heterocycles. The number of methoxy groups -OCH3 is 1. The maximum Gasteiger partial charge on any atom is 0.411 e. The summed E-state index contributed by atoms with van der Waals surface area (Å²) in [6.07, 6.45) is 0.362. The Bertz CT molecular complexity index is 2060. The van der Waals surface area contributed by atoms with Crippen LogP contribution < -0.4 is 16.4 Å². The fraction of sp³-hybridized carbons (Fsp3) is 0.333. The first-order chi connectivity index (χ1) is 24.0. The van der Waals surface area contributed by atoms with Crippen molar-refractivity contribution in [3.63, 3.8) is 0 Å². The van der Waals surface area contributed by atoms with Crippen LogP contribution in [-0.4, -0.2) is 74.0 Å². The lowest BCUT2D eigenvalue weighted by Crippen LogP contribution is -2.35. The molecule has 51 heavy (non-hydrogen) atoms. The van der Waals surface area contributed by atoms with E-state index in [0.29, 0.717) is 27.9 Å². The van der Waals surface area contributed by atoms with Crippen LogP contribution in [0.1, 0.15) is 55.0 Å². The molecular weight excluding hydrogens is 681 g/mol. The van der Waals surface area contributed by atoms with E-state index in [1.54, 1.807) is 32.2 Å². The third-order valence-electron chi connectivity index (χ3n) is 8.38. The number of nitrogens with zero attached hydrogens (tertiary/aromatic N) is 2. The molecule has 5 N–H and O–H groups in total. The monoisotopic (exact) mass is 723 g/mol. The third-order valence-corrected chi connectivity index (χ3v) is 10.6. The summed E-state index contributed by atoms with van der Waals surface area (Å²) in [7, 11) is -0.896. The number of carboxylic acid groups (broad SMARTS) is 1. The van der Waals surface area contributed by atoms with E-state index in [0.717, 1.165) is 24.2 Å². The molecule has 0 unspecified atom stereocenters. The van der Waals surface area contributed by atoms with Gasteiger partial charge in [-0.05, 0) is 72.5 Å². The third kappa shape index (κ3) is 9.10. The first-order valence-corrected chi connectivity index (χ1v) is 17.5. The lowest BCUT2D eigenvalue weighted by Gasteiger charge is -2.28. The molecule has 0 fully saturated rings. The molecule has 272 valence electrons. The molecule has 0 spiro atoms. The summed E-state index contributed by atoms with van der Waals surface area (Å²) >= 11 is 0. The predicted octanol–water partition coefficient (Wildman–Crippen LogP) is 5.64. The second kappa shape index (κ2) is 16.2. The number of pyridine rings is 1. The summed E-state index contributed by atoms with van der Waals surface area (Å²) in [5, 5.41) is 13.2. The molecule has 4 aromatic rings. The maximum absolute atomic E-state index is 14.8. The fourth-order valence-electron chi connectivity index (χ4n) is 5.80. The summed E-state index contributed by atoms with van der Waals surface area (Å²) < 4.78 is 52.6. The van der Waals surface area contributed by atoms with Crippen LogP contribution >= 0.6 is 0 Å². The Labute approximate surface area is 295 Å². The van der Waals surface area contributed by atoms with Gasteiger partial charge >= 0.3 is 6.09 Å². The number of nitrogens with one attached hydrogen (secondary N) is 2. The zero-order valence-electron chi connectivity index (χ0n) is 29.2. The maximum atomic E-state index is 14.8. The average molecular weight is 724 g/mol. The van der Waals surface area contributed by atoms with Crippen molar-refractivity contribution < 1.29 is 41.8 Å². The van der Waals surface area contributed by atoms with Crippen LogP contribution in [0.15, 0.2) is 65.7 Å². The Hall–Kier alpha value is -5.28. The number of amides is 2. The van der Waals surface area contributed by atoms with Gasteiger partial charge in [-0.3, -0.25) is 14.9 Å². The van der Waals surface area contributed by atoms with E-state index in [4.69, 9.17) is 25.1 Å². The number of benzene rings is 3. The minimum Gasteiger partial charge on any atom is -0.481 e. The van der Waals surface area contributed by atoms with Gasteiger partial charge in [-0.25, -0.2) is 22.6 Å². The number of carbonyl (C=O) groups is 3. The highest BCUT2D eigenvalue weighted by molar-refractivity contribution is 7.92. The van der Waals surface area contributed by atoms with E-state index < -0.39 is 39.0 Å². The molecule has 2 aliphatic heterocycles. The Balaban J connectivity index is 0.00000138. The van der Waals surface area contributed by atoms with E-state index in [-0.39, 0.29) is 47.7 Å². The van der Waals surface area contributed by atoms with Crippen LogP contribution in [-0.2, 0) is 35.4 Å². The lowest BCUT2D eigenvalue weighted by molar-refractivity contribution is -0.134.